The molecule has 0 unspecified atom stereocenters. The van der Waals surface area contributed by atoms with Crippen LogP contribution in [0.2, 0.25) is 5.02 Å². The fourth-order valence-electron chi connectivity index (χ4n) is 1.60. The Balaban J connectivity index is 2.02. The number of aliphatic carboxylic acids is 1. The minimum Gasteiger partial charge on any atom is -0.480 e. The minimum absolute atomic E-state index is 0.251. The van der Waals surface area contributed by atoms with Gasteiger partial charge in [-0.3, -0.25) is 9.59 Å². The Morgan fingerprint density at radius 1 is 1.32 bits per heavy atom. The monoisotopic (exact) mass is 338 g/mol. The largest absolute Gasteiger partial charge is 0.480 e. The highest BCUT2D eigenvalue weighted by Gasteiger charge is 2.35. The Bertz CT molecular complexity index is 695. The molecule has 1 amide bonds. The summed E-state index contributed by atoms with van der Waals surface area (Å²) in [6.07, 6.45) is 1.67. The highest BCUT2D eigenvalue weighted by Crippen LogP contribution is 2.26. The van der Waals surface area contributed by atoms with Crippen molar-refractivity contribution in [3.63, 3.8) is 0 Å². The fourth-order valence-corrected chi connectivity index (χ4v) is 2.58. The lowest BCUT2D eigenvalue weighted by molar-refractivity contribution is -0.153. The molecule has 0 spiro atoms. The van der Waals surface area contributed by atoms with Gasteiger partial charge >= 0.3 is 5.97 Å². The Kier molecular flexibility index (Phi) is 4.83. The van der Waals surface area contributed by atoms with Crippen molar-refractivity contribution in [1.29, 1.82) is 0 Å². The van der Waals surface area contributed by atoms with E-state index in [1.807, 2.05) is 12.1 Å². The molecule has 0 aliphatic carbocycles. The van der Waals surface area contributed by atoms with Crippen molar-refractivity contribution in [2.45, 2.75) is 20.4 Å². The third-order valence-corrected chi connectivity index (χ3v) is 4.47. The van der Waals surface area contributed by atoms with Crippen LogP contribution < -0.4 is 5.32 Å². The molecule has 1 aromatic heterocycles. The molecule has 22 heavy (non-hydrogen) atoms. The summed E-state index contributed by atoms with van der Waals surface area (Å²) >= 11 is 7.28. The standard InChI is InChI=1S/C15H15ClN2O3S/c1-15(2,14(20)21)13(19)18-8-11-7-17-12(22-11)9-3-5-10(16)6-4-9/h3-7H,8H2,1-2H3,(H,18,19)(H,20,21). The number of benzene rings is 1. The van der Waals surface area contributed by atoms with Gasteiger partial charge in [0.25, 0.3) is 0 Å². The lowest BCUT2D eigenvalue weighted by Gasteiger charge is -2.17. The van der Waals surface area contributed by atoms with Crippen molar-refractivity contribution in [2.24, 2.45) is 5.41 Å². The summed E-state index contributed by atoms with van der Waals surface area (Å²) in [5.41, 5.74) is -0.512. The summed E-state index contributed by atoms with van der Waals surface area (Å²) in [5, 5.41) is 13.1. The Morgan fingerprint density at radius 2 is 1.95 bits per heavy atom. The van der Waals surface area contributed by atoms with E-state index in [4.69, 9.17) is 16.7 Å². The van der Waals surface area contributed by atoms with E-state index in [0.29, 0.717) is 5.02 Å². The number of rotatable bonds is 5. The number of carboxylic acid groups (broad SMARTS) is 1. The zero-order valence-corrected chi connectivity index (χ0v) is 13.7. The van der Waals surface area contributed by atoms with Gasteiger partial charge in [0.05, 0.1) is 6.54 Å². The second kappa shape index (κ2) is 6.46. The van der Waals surface area contributed by atoms with E-state index >= 15 is 0 Å². The zero-order chi connectivity index (χ0) is 16.3. The lowest BCUT2D eigenvalue weighted by Crippen LogP contribution is -2.41. The third kappa shape index (κ3) is 3.64. The number of nitrogens with zero attached hydrogens (tertiary/aromatic N) is 1. The van der Waals surface area contributed by atoms with Crippen LogP contribution in [0, 0.1) is 5.41 Å². The van der Waals surface area contributed by atoms with Crippen LogP contribution in [0.25, 0.3) is 10.6 Å². The first-order chi connectivity index (χ1) is 10.3. The molecule has 0 radical (unpaired) electrons. The molecule has 0 saturated carbocycles. The van der Waals surface area contributed by atoms with Gasteiger partial charge < -0.3 is 10.4 Å². The number of carbonyl (C=O) groups is 2. The van der Waals surface area contributed by atoms with Gasteiger partial charge in [0.2, 0.25) is 5.91 Å². The lowest BCUT2D eigenvalue weighted by atomic mass is 9.93. The zero-order valence-electron chi connectivity index (χ0n) is 12.1. The van der Waals surface area contributed by atoms with E-state index in [-0.39, 0.29) is 6.54 Å². The molecular formula is C15H15ClN2O3S. The van der Waals surface area contributed by atoms with Crippen LogP contribution in [0.15, 0.2) is 30.5 Å². The summed E-state index contributed by atoms with van der Waals surface area (Å²) in [6.45, 7) is 2.99. The molecule has 2 rings (SSSR count). The van der Waals surface area contributed by atoms with Crippen LogP contribution in [0.1, 0.15) is 18.7 Å². The molecule has 116 valence electrons. The smallest absolute Gasteiger partial charge is 0.318 e. The van der Waals surface area contributed by atoms with Crippen molar-refractivity contribution in [2.75, 3.05) is 0 Å². The topological polar surface area (TPSA) is 79.3 Å². The third-order valence-electron chi connectivity index (χ3n) is 3.17. The second-order valence-electron chi connectivity index (χ2n) is 5.25. The first-order valence-electron chi connectivity index (χ1n) is 6.53. The van der Waals surface area contributed by atoms with Crippen LogP contribution >= 0.6 is 22.9 Å². The van der Waals surface area contributed by atoms with Gasteiger partial charge in [0, 0.05) is 21.7 Å². The first-order valence-corrected chi connectivity index (χ1v) is 7.72. The van der Waals surface area contributed by atoms with Crippen molar-refractivity contribution in [3.8, 4) is 10.6 Å². The second-order valence-corrected chi connectivity index (χ2v) is 6.80. The molecule has 0 bridgehead atoms. The number of nitrogens with one attached hydrogen (secondary N) is 1. The maximum Gasteiger partial charge on any atom is 0.318 e. The van der Waals surface area contributed by atoms with Gasteiger partial charge in [0.15, 0.2) is 0 Å². The van der Waals surface area contributed by atoms with E-state index in [2.05, 4.69) is 10.3 Å². The Hall–Kier alpha value is -1.92. The normalized spacial score (nSPS) is 11.2. The van der Waals surface area contributed by atoms with E-state index in [1.165, 1.54) is 25.2 Å². The quantitative estimate of drug-likeness (QED) is 0.820. The van der Waals surface area contributed by atoms with E-state index < -0.39 is 17.3 Å². The van der Waals surface area contributed by atoms with Gasteiger partial charge in [-0.25, -0.2) is 4.98 Å². The van der Waals surface area contributed by atoms with E-state index in [0.717, 1.165) is 15.4 Å². The number of carboxylic acids is 1. The van der Waals surface area contributed by atoms with Crippen LogP contribution in [-0.2, 0) is 16.1 Å². The van der Waals surface area contributed by atoms with Crippen molar-refractivity contribution in [1.82, 2.24) is 10.3 Å². The maximum atomic E-state index is 11.9. The number of carbonyl (C=O) groups excluding carboxylic acids is 1. The summed E-state index contributed by atoms with van der Waals surface area (Å²) < 4.78 is 0. The van der Waals surface area contributed by atoms with Gasteiger partial charge in [-0.1, -0.05) is 23.7 Å². The van der Waals surface area contributed by atoms with Crippen LogP contribution in [0.3, 0.4) is 0 Å². The van der Waals surface area contributed by atoms with Crippen LogP contribution in [0.4, 0.5) is 0 Å². The van der Waals surface area contributed by atoms with Crippen LogP contribution in [-0.4, -0.2) is 22.0 Å². The molecule has 0 atom stereocenters. The maximum absolute atomic E-state index is 11.9. The van der Waals surface area contributed by atoms with Gasteiger partial charge in [-0.05, 0) is 26.0 Å². The number of amides is 1. The molecule has 2 N–H and O–H groups in total. The molecule has 2 aromatic rings. The van der Waals surface area contributed by atoms with E-state index in [1.54, 1.807) is 18.3 Å². The Labute approximate surface area is 137 Å². The molecule has 1 heterocycles. The first kappa shape index (κ1) is 16.5. The average Bonchev–Trinajstić information content (AvgIpc) is 2.94. The summed E-state index contributed by atoms with van der Waals surface area (Å²) in [5.74, 6) is -1.68. The predicted molar refractivity (Wildman–Crippen MR) is 85.8 cm³/mol. The molecular weight excluding hydrogens is 324 g/mol. The number of hydrogen-bond donors (Lipinski definition) is 2. The highest BCUT2D eigenvalue weighted by molar-refractivity contribution is 7.15. The number of aromatic nitrogens is 1. The minimum atomic E-state index is -1.45. The SMILES string of the molecule is CC(C)(C(=O)O)C(=O)NCc1cnc(-c2ccc(Cl)cc2)s1. The Morgan fingerprint density at radius 3 is 2.55 bits per heavy atom. The molecule has 0 saturated heterocycles. The van der Waals surface area contributed by atoms with Crippen molar-refractivity contribution < 1.29 is 14.7 Å². The fraction of sp³-hybridized carbons (Fsp3) is 0.267. The van der Waals surface area contributed by atoms with Gasteiger partial charge in [-0.15, -0.1) is 11.3 Å². The van der Waals surface area contributed by atoms with Crippen molar-refractivity contribution >= 4 is 34.8 Å². The van der Waals surface area contributed by atoms with Crippen molar-refractivity contribution in [3.05, 3.63) is 40.4 Å². The molecule has 0 fully saturated rings. The van der Waals surface area contributed by atoms with Gasteiger partial charge in [0.1, 0.15) is 10.4 Å². The summed E-state index contributed by atoms with van der Waals surface area (Å²) in [4.78, 5) is 28.0. The number of thiazole rings is 1. The summed E-state index contributed by atoms with van der Waals surface area (Å²) in [7, 11) is 0. The average molecular weight is 339 g/mol. The van der Waals surface area contributed by atoms with Crippen LogP contribution in [0.5, 0.6) is 0 Å². The number of hydrogen-bond acceptors (Lipinski definition) is 4. The molecule has 0 aliphatic rings. The molecule has 5 nitrogen and oxygen atoms in total. The molecule has 0 aliphatic heterocycles. The summed E-state index contributed by atoms with van der Waals surface area (Å²) in [6, 6.07) is 7.32. The predicted octanol–water partition coefficient (Wildman–Crippen LogP) is 3.19. The molecule has 7 heteroatoms. The highest BCUT2D eigenvalue weighted by atomic mass is 35.5. The number of halogens is 1. The van der Waals surface area contributed by atoms with E-state index in [9.17, 15) is 9.59 Å². The van der Waals surface area contributed by atoms with Gasteiger partial charge in [-0.2, -0.15) is 0 Å². The molecule has 1 aromatic carbocycles.